The van der Waals surface area contributed by atoms with Gasteiger partial charge in [-0.1, -0.05) is 12.2 Å². The van der Waals surface area contributed by atoms with Crippen molar-refractivity contribution in [2.24, 2.45) is 0 Å². The van der Waals surface area contributed by atoms with E-state index >= 15 is 0 Å². The molecule has 0 unspecified atom stereocenters. The Bertz CT molecular complexity index is 356. The van der Waals surface area contributed by atoms with E-state index in [-0.39, 0.29) is 6.61 Å². The molecule has 0 bridgehead atoms. The van der Waals surface area contributed by atoms with Gasteiger partial charge in [-0.3, -0.25) is 0 Å². The number of hydrogen-bond acceptors (Lipinski definition) is 4. The number of alkyl carbamates (subject to hydrolysis) is 1. The quantitative estimate of drug-likeness (QED) is 0.620. The standard InChI is InChI=1S/C13H21NO4/c1-5-17-10(15)13(8-6-7-9-13)14-11(16)18-12(2,3)4/h6,8H,5,7,9H2,1-4H3,(H,14,16)/t13-/m0/s1. The van der Waals surface area contributed by atoms with Crippen LogP contribution in [0.5, 0.6) is 0 Å². The van der Waals surface area contributed by atoms with Crippen LogP contribution in [0.1, 0.15) is 40.5 Å². The van der Waals surface area contributed by atoms with E-state index in [1.54, 1.807) is 33.8 Å². The Morgan fingerprint density at radius 1 is 1.39 bits per heavy atom. The van der Waals surface area contributed by atoms with Crippen molar-refractivity contribution in [2.75, 3.05) is 6.61 Å². The molecular formula is C13H21NO4. The Hall–Kier alpha value is -1.52. The van der Waals surface area contributed by atoms with Gasteiger partial charge in [0.1, 0.15) is 5.60 Å². The van der Waals surface area contributed by atoms with E-state index in [4.69, 9.17) is 9.47 Å². The highest BCUT2D eigenvalue weighted by atomic mass is 16.6. The van der Waals surface area contributed by atoms with Crippen LogP contribution in [0.25, 0.3) is 0 Å². The molecule has 5 heteroatoms. The minimum Gasteiger partial charge on any atom is -0.464 e. The summed E-state index contributed by atoms with van der Waals surface area (Å²) >= 11 is 0. The first-order valence-corrected chi connectivity index (χ1v) is 6.15. The second kappa shape index (κ2) is 5.42. The molecule has 1 atom stereocenters. The fourth-order valence-corrected chi connectivity index (χ4v) is 1.75. The summed E-state index contributed by atoms with van der Waals surface area (Å²) < 4.78 is 10.2. The monoisotopic (exact) mass is 255 g/mol. The zero-order valence-corrected chi connectivity index (χ0v) is 11.4. The lowest BCUT2D eigenvalue weighted by Gasteiger charge is -2.28. The summed E-state index contributed by atoms with van der Waals surface area (Å²) in [7, 11) is 0. The normalized spacial score (nSPS) is 22.7. The van der Waals surface area contributed by atoms with Crippen molar-refractivity contribution in [2.45, 2.75) is 51.7 Å². The second-order valence-electron chi connectivity index (χ2n) is 5.26. The van der Waals surface area contributed by atoms with Crippen LogP contribution in [-0.4, -0.2) is 29.8 Å². The summed E-state index contributed by atoms with van der Waals surface area (Å²) in [5.74, 6) is -0.440. The molecule has 0 aromatic carbocycles. The summed E-state index contributed by atoms with van der Waals surface area (Å²) in [6.07, 6.45) is 4.16. The third-order valence-corrected chi connectivity index (χ3v) is 2.47. The van der Waals surface area contributed by atoms with Crippen molar-refractivity contribution in [1.82, 2.24) is 5.32 Å². The number of esters is 1. The SMILES string of the molecule is CCOC(=O)[C@]1(NC(=O)OC(C)(C)C)C=CCC1. The van der Waals surface area contributed by atoms with E-state index in [1.165, 1.54) is 0 Å². The Morgan fingerprint density at radius 3 is 2.50 bits per heavy atom. The number of rotatable bonds is 3. The Labute approximate surface area is 108 Å². The van der Waals surface area contributed by atoms with Crippen molar-refractivity contribution in [3.63, 3.8) is 0 Å². The summed E-state index contributed by atoms with van der Waals surface area (Å²) in [4.78, 5) is 23.7. The van der Waals surface area contributed by atoms with Crippen molar-refractivity contribution in [1.29, 1.82) is 0 Å². The van der Waals surface area contributed by atoms with Crippen LogP contribution in [0, 0.1) is 0 Å². The molecule has 0 aromatic rings. The van der Waals surface area contributed by atoms with Crippen molar-refractivity contribution >= 4 is 12.1 Å². The smallest absolute Gasteiger partial charge is 0.408 e. The molecule has 102 valence electrons. The number of amides is 1. The molecular weight excluding hydrogens is 234 g/mol. The fourth-order valence-electron chi connectivity index (χ4n) is 1.75. The van der Waals surface area contributed by atoms with Gasteiger partial charge in [0.25, 0.3) is 0 Å². The van der Waals surface area contributed by atoms with Crippen molar-refractivity contribution in [3.05, 3.63) is 12.2 Å². The minimum absolute atomic E-state index is 0.282. The predicted molar refractivity (Wildman–Crippen MR) is 67.1 cm³/mol. The van der Waals surface area contributed by atoms with Gasteiger partial charge in [-0.05, 0) is 40.5 Å². The minimum atomic E-state index is -1.07. The van der Waals surface area contributed by atoms with Gasteiger partial charge in [-0.15, -0.1) is 0 Å². The van der Waals surface area contributed by atoms with Gasteiger partial charge in [0, 0.05) is 0 Å². The number of nitrogens with one attached hydrogen (secondary N) is 1. The lowest BCUT2D eigenvalue weighted by atomic mass is 9.99. The second-order valence-corrected chi connectivity index (χ2v) is 5.26. The molecule has 18 heavy (non-hydrogen) atoms. The van der Waals surface area contributed by atoms with Gasteiger partial charge >= 0.3 is 12.1 Å². The highest BCUT2D eigenvalue weighted by Crippen LogP contribution is 2.25. The fraction of sp³-hybridized carbons (Fsp3) is 0.692. The molecule has 5 nitrogen and oxygen atoms in total. The van der Waals surface area contributed by atoms with Crippen LogP contribution in [0.3, 0.4) is 0 Å². The maximum atomic E-state index is 11.9. The summed E-state index contributed by atoms with van der Waals surface area (Å²) in [6, 6.07) is 0. The molecule has 1 amide bonds. The Balaban J connectivity index is 2.72. The van der Waals surface area contributed by atoms with Crippen LogP contribution < -0.4 is 5.32 Å². The molecule has 0 fully saturated rings. The van der Waals surface area contributed by atoms with Crippen LogP contribution in [0.4, 0.5) is 4.79 Å². The van der Waals surface area contributed by atoms with E-state index in [0.29, 0.717) is 6.42 Å². The van der Waals surface area contributed by atoms with Gasteiger partial charge in [-0.25, -0.2) is 9.59 Å². The van der Waals surface area contributed by atoms with E-state index in [1.807, 2.05) is 6.08 Å². The molecule has 1 N–H and O–H groups in total. The molecule has 1 rings (SSSR count). The first-order chi connectivity index (χ1) is 8.29. The first kappa shape index (κ1) is 14.5. The van der Waals surface area contributed by atoms with Crippen LogP contribution in [0.2, 0.25) is 0 Å². The van der Waals surface area contributed by atoms with E-state index in [0.717, 1.165) is 6.42 Å². The van der Waals surface area contributed by atoms with Crippen LogP contribution in [0.15, 0.2) is 12.2 Å². The zero-order valence-electron chi connectivity index (χ0n) is 11.4. The van der Waals surface area contributed by atoms with Gasteiger partial charge in [0.05, 0.1) is 6.61 Å². The molecule has 0 saturated carbocycles. The number of hydrogen-bond donors (Lipinski definition) is 1. The molecule has 0 spiro atoms. The van der Waals surface area contributed by atoms with Crippen molar-refractivity contribution < 1.29 is 19.1 Å². The van der Waals surface area contributed by atoms with Gasteiger partial charge in [-0.2, -0.15) is 0 Å². The third kappa shape index (κ3) is 3.75. The lowest BCUT2D eigenvalue weighted by Crippen LogP contribution is -2.53. The Kier molecular flexibility index (Phi) is 4.38. The summed E-state index contributed by atoms with van der Waals surface area (Å²) in [6.45, 7) is 7.33. The zero-order chi connectivity index (χ0) is 13.8. The first-order valence-electron chi connectivity index (χ1n) is 6.15. The largest absolute Gasteiger partial charge is 0.464 e. The summed E-state index contributed by atoms with van der Waals surface area (Å²) in [5.41, 5.74) is -1.67. The van der Waals surface area contributed by atoms with Gasteiger partial charge in [0.2, 0.25) is 0 Å². The lowest BCUT2D eigenvalue weighted by molar-refractivity contribution is -0.149. The average Bonchev–Trinajstić information content (AvgIpc) is 2.64. The van der Waals surface area contributed by atoms with Gasteiger partial charge < -0.3 is 14.8 Å². The topological polar surface area (TPSA) is 64.6 Å². The van der Waals surface area contributed by atoms with E-state index in [9.17, 15) is 9.59 Å². The van der Waals surface area contributed by atoms with Crippen LogP contribution in [-0.2, 0) is 14.3 Å². The van der Waals surface area contributed by atoms with Crippen LogP contribution >= 0.6 is 0 Å². The third-order valence-electron chi connectivity index (χ3n) is 2.47. The molecule has 0 aromatic heterocycles. The number of carbonyl (C=O) groups is 2. The highest BCUT2D eigenvalue weighted by molar-refractivity contribution is 5.88. The average molecular weight is 255 g/mol. The summed E-state index contributed by atoms with van der Waals surface area (Å²) in [5, 5.41) is 2.61. The molecule has 0 radical (unpaired) electrons. The number of ether oxygens (including phenoxy) is 2. The van der Waals surface area contributed by atoms with E-state index in [2.05, 4.69) is 5.32 Å². The maximum absolute atomic E-state index is 11.9. The number of allylic oxidation sites excluding steroid dienone is 1. The van der Waals surface area contributed by atoms with Crippen molar-refractivity contribution in [3.8, 4) is 0 Å². The highest BCUT2D eigenvalue weighted by Gasteiger charge is 2.41. The molecule has 0 aliphatic heterocycles. The molecule has 0 saturated heterocycles. The van der Waals surface area contributed by atoms with E-state index < -0.39 is 23.2 Å². The predicted octanol–water partition coefficient (Wildman–Crippen LogP) is 2.16. The maximum Gasteiger partial charge on any atom is 0.408 e. The molecule has 1 aliphatic carbocycles. The number of carbonyl (C=O) groups excluding carboxylic acids is 2. The molecule has 1 aliphatic rings. The Morgan fingerprint density at radius 2 is 2.06 bits per heavy atom. The van der Waals surface area contributed by atoms with Gasteiger partial charge in [0.15, 0.2) is 5.54 Å². The molecule has 0 heterocycles.